The third-order valence-electron chi connectivity index (χ3n) is 5.56. The second kappa shape index (κ2) is 10.5. The molecule has 0 fully saturated rings. The second-order valence-electron chi connectivity index (χ2n) is 7.67. The van der Waals surface area contributed by atoms with Gasteiger partial charge in [0, 0.05) is 0 Å². The Morgan fingerprint density at radius 1 is 1.00 bits per heavy atom. The van der Waals surface area contributed by atoms with Gasteiger partial charge in [0.15, 0.2) is 0 Å². The zero-order valence-corrected chi connectivity index (χ0v) is 18.7. The van der Waals surface area contributed by atoms with E-state index >= 15 is 0 Å². The number of amides is 1. The molecule has 0 aromatic heterocycles. The first-order chi connectivity index (χ1) is 13.8. The summed E-state index contributed by atoms with van der Waals surface area (Å²) in [5.41, 5.74) is 2.98. The summed E-state index contributed by atoms with van der Waals surface area (Å²) in [5.74, 6) is -0.676. The van der Waals surface area contributed by atoms with E-state index in [2.05, 4.69) is 5.32 Å². The SMILES string of the molecule is CC[PH](CC)(CC(=O)Nc1c(C)cc(F)cc1C)CC(=O)OCc1ccccc1. The summed E-state index contributed by atoms with van der Waals surface area (Å²) >= 11 is 0. The third kappa shape index (κ3) is 6.64. The van der Waals surface area contributed by atoms with Gasteiger partial charge in [-0.2, -0.15) is 0 Å². The van der Waals surface area contributed by atoms with Gasteiger partial charge in [0.1, 0.15) is 0 Å². The van der Waals surface area contributed by atoms with Crippen molar-refractivity contribution < 1.29 is 18.7 Å². The zero-order valence-electron chi connectivity index (χ0n) is 17.7. The van der Waals surface area contributed by atoms with E-state index in [1.54, 1.807) is 13.8 Å². The molecule has 2 aromatic rings. The van der Waals surface area contributed by atoms with Crippen LogP contribution in [0.15, 0.2) is 42.5 Å². The number of halogens is 1. The van der Waals surface area contributed by atoms with Crippen molar-refractivity contribution in [3.05, 3.63) is 65.0 Å². The van der Waals surface area contributed by atoms with E-state index < -0.39 is 7.26 Å². The van der Waals surface area contributed by atoms with Gasteiger partial charge in [0.2, 0.25) is 0 Å². The molecule has 0 radical (unpaired) electrons. The molecule has 0 atom stereocenters. The van der Waals surface area contributed by atoms with Gasteiger partial charge in [-0.05, 0) is 0 Å². The van der Waals surface area contributed by atoms with Gasteiger partial charge in [-0.3, -0.25) is 0 Å². The van der Waals surface area contributed by atoms with Crippen molar-refractivity contribution >= 4 is 24.8 Å². The number of carbonyl (C=O) groups is 2. The van der Waals surface area contributed by atoms with Crippen LogP contribution in [-0.4, -0.2) is 36.5 Å². The van der Waals surface area contributed by atoms with Crippen LogP contribution in [0.2, 0.25) is 0 Å². The molecule has 0 saturated heterocycles. The molecule has 0 saturated carbocycles. The number of hydrogen-bond acceptors (Lipinski definition) is 3. The van der Waals surface area contributed by atoms with Crippen LogP contribution in [0.4, 0.5) is 10.1 Å². The van der Waals surface area contributed by atoms with Crippen LogP contribution in [0.25, 0.3) is 0 Å². The summed E-state index contributed by atoms with van der Waals surface area (Å²) in [7, 11) is -2.17. The fourth-order valence-electron chi connectivity index (χ4n) is 3.54. The van der Waals surface area contributed by atoms with Gasteiger partial charge in [-0.1, -0.05) is 0 Å². The molecule has 1 N–H and O–H groups in total. The van der Waals surface area contributed by atoms with E-state index in [0.717, 1.165) is 17.9 Å². The zero-order chi connectivity index (χ0) is 21.4. The van der Waals surface area contributed by atoms with Crippen molar-refractivity contribution in [2.75, 3.05) is 30.0 Å². The summed E-state index contributed by atoms with van der Waals surface area (Å²) in [6.45, 7) is 7.88. The van der Waals surface area contributed by atoms with Crippen LogP contribution < -0.4 is 5.32 Å². The number of hydrogen-bond donors (Lipinski definition) is 1. The van der Waals surface area contributed by atoms with Crippen LogP contribution in [0.5, 0.6) is 0 Å². The predicted octanol–water partition coefficient (Wildman–Crippen LogP) is 4.91. The standard InChI is InChI=1S/C23H31FNO3P/c1-5-29(6-2,16-22(27)28-14-19-10-8-7-9-11-19)15-21(26)25-23-17(3)12-20(24)13-18(23)4/h7-13,29H,5-6,14-16H2,1-4H3,(H,25,26). The van der Waals surface area contributed by atoms with E-state index in [1.807, 2.05) is 44.2 Å². The summed E-state index contributed by atoms with van der Waals surface area (Å²) in [6, 6.07) is 12.4. The molecule has 0 bridgehead atoms. The minimum absolute atomic E-state index is 0.117. The third-order valence-corrected chi connectivity index (χ3v) is 10.7. The Balaban J connectivity index is 2.01. The Labute approximate surface area is 173 Å². The maximum atomic E-state index is 13.5. The van der Waals surface area contributed by atoms with Gasteiger partial charge in [0.05, 0.1) is 0 Å². The van der Waals surface area contributed by atoms with Crippen LogP contribution >= 0.6 is 7.26 Å². The van der Waals surface area contributed by atoms with Crippen molar-refractivity contribution in [2.24, 2.45) is 0 Å². The summed E-state index contributed by atoms with van der Waals surface area (Å²) in [4.78, 5) is 25.2. The fraction of sp³-hybridized carbons (Fsp3) is 0.391. The van der Waals surface area contributed by atoms with E-state index in [0.29, 0.717) is 29.1 Å². The Hall–Kier alpha value is -2.26. The average Bonchev–Trinajstić information content (AvgIpc) is 2.69. The molecule has 0 spiro atoms. The van der Waals surface area contributed by atoms with Gasteiger partial charge in [-0.25, -0.2) is 0 Å². The van der Waals surface area contributed by atoms with Crippen LogP contribution in [-0.2, 0) is 20.9 Å². The quantitative estimate of drug-likeness (QED) is 0.464. The van der Waals surface area contributed by atoms with Crippen LogP contribution in [0.1, 0.15) is 30.5 Å². The van der Waals surface area contributed by atoms with E-state index in [-0.39, 0.29) is 24.3 Å². The molecule has 2 rings (SSSR count). The average molecular weight is 419 g/mol. The Morgan fingerprint density at radius 3 is 2.14 bits per heavy atom. The topological polar surface area (TPSA) is 55.4 Å². The number of esters is 1. The Bertz CT molecular complexity index is 827. The Morgan fingerprint density at radius 2 is 1.59 bits per heavy atom. The van der Waals surface area contributed by atoms with Crippen molar-refractivity contribution in [3.63, 3.8) is 0 Å². The Kier molecular flexibility index (Phi) is 8.33. The molecule has 29 heavy (non-hydrogen) atoms. The molecule has 0 aliphatic carbocycles. The van der Waals surface area contributed by atoms with Gasteiger partial charge >= 0.3 is 173 Å². The number of nitrogens with one attached hydrogen (secondary N) is 1. The van der Waals surface area contributed by atoms with Crippen LogP contribution in [0, 0.1) is 19.7 Å². The van der Waals surface area contributed by atoms with Gasteiger partial charge < -0.3 is 0 Å². The molecule has 0 aliphatic heterocycles. The van der Waals surface area contributed by atoms with Crippen LogP contribution in [0.3, 0.4) is 0 Å². The number of aryl methyl sites for hydroxylation is 2. The molecule has 0 unspecified atom stereocenters. The molecule has 4 nitrogen and oxygen atoms in total. The van der Waals surface area contributed by atoms with Crippen molar-refractivity contribution in [3.8, 4) is 0 Å². The molecule has 6 heteroatoms. The first-order valence-corrected chi connectivity index (χ1v) is 12.9. The van der Waals surface area contributed by atoms with Crippen molar-refractivity contribution in [1.29, 1.82) is 0 Å². The monoisotopic (exact) mass is 419 g/mol. The van der Waals surface area contributed by atoms with E-state index in [9.17, 15) is 14.0 Å². The first-order valence-electron chi connectivity index (χ1n) is 10.0. The number of benzene rings is 2. The number of anilines is 1. The predicted molar refractivity (Wildman–Crippen MR) is 120 cm³/mol. The second-order valence-corrected chi connectivity index (χ2v) is 12.8. The first kappa shape index (κ1) is 23.0. The van der Waals surface area contributed by atoms with Gasteiger partial charge in [0.25, 0.3) is 0 Å². The summed E-state index contributed by atoms with van der Waals surface area (Å²) < 4.78 is 19.0. The van der Waals surface area contributed by atoms with E-state index in [4.69, 9.17) is 4.74 Å². The van der Waals surface area contributed by atoms with Gasteiger partial charge in [-0.15, -0.1) is 0 Å². The summed E-state index contributed by atoms with van der Waals surface area (Å²) in [6.07, 6.45) is 2.30. The normalized spacial score (nSPS) is 11.8. The molecule has 158 valence electrons. The fourth-order valence-corrected chi connectivity index (χ4v) is 6.65. The van der Waals surface area contributed by atoms with Crippen molar-refractivity contribution in [1.82, 2.24) is 0 Å². The molecule has 0 heterocycles. The summed E-state index contributed by atoms with van der Waals surface area (Å²) in [5, 5.41) is 2.94. The molecule has 1 amide bonds. The van der Waals surface area contributed by atoms with Crippen molar-refractivity contribution in [2.45, 2.75) is 34.3 Å². The maximum absolute atomic E-state index is 13.5. The molecule has 2 aromatic carbocycles. The number of carbonyl (C=O) groups excluding carboxylic acids is 2. The number of ether oxygens (including phenoxy) is 1. The number of rotatable bonds is 9. The molecular weight excluding hydrogens is 388 g/mol. The minimum atomic E-state index is -2.17. The molecule has 0 aliphatic rings. The van der Waals surface area contributed by atoms with E-state index in [1.165, 1.54) is 12.1 Å². The molecular formula is C23H31FNO3P.